The molecule has 1 aromatic carbocycles. The molecule has 0 N–H and O–H groups in total. The molecule has 0 aliphatic heterocycles. The van der Waals surface area contributed by atoms with Crippen molar-refractivity contribution in [3.63, 3.8) is 0 Å². The maximum atomic E-state index is 3.82. The number of hydrogen-bond donors (Lipinski definition) is 0. The van der Waals surface area contributed by atoms with Crippen molar-refractivity contribution in [3.05, 3.63) is 29.8 Å². The predicted octanol–water partition coefficient (Wildman–Crippen LogP) is 2.69. The molecule has 0 unspecified atom stereocenters. The molecule has 56 valence electrons. The van der Waals surface area contributed by atoms with Gasteiger partial charge in [0.1, 0.15) is 0 Å². The Balaban J connectivity index is 2.94. The largest absolute Gasteiger partial charge is 0.147 e. The summed E-state index contributed by atoms with van der Waals surface area (Å²) in [6.07, 6.45) is 0. The van der Waals surface area contributed by atoms with E-state index in [1.54, 1.807) is 0 Å². The van der Waals surface area contributed by atoms with Crippen molar-refractivity contribution < 1.29 is 0 Å². The highest BCUT2D eigenvalue weighted by Gasteiger charge is 1.91. The molecule has 0 saturated carbocycles. The average molecular weight is 147 g/mol. The van der Waals surface area contributed by atoms with Crippen molar-refractivity contribution in [2.45, 2.75) is 6.92 Å². The van der Waals surface area contributed by atoms with Crippen LogP contribution in [-0.2, 0) is 0 Å². The number of benzene rings is 1. The van der Waals surface area contributed by atoms with Crippen LogP contribution in [0.2, 0.25) is 0 Å². The van der Waals surface area contributed by atoms with Crippen LogP contribution in [0.15, 0.2) is 39.7 Å². The standard InChI is InChI=1S/C8H9N3/c1-7-5-3-4-6-8(7)10-11-9-2/h3-6H,2H2,1H3/b11-10-. The first-order valence-electron chi connectivity index (χ1n) is 3.27. The third-order valence-corrected chi connectivity index (χ3v) is 1.33. The Hall–Kier alpha value is -1.51. The molecule has 0 aliphatic carbocycles. The van der Waals surface area contributed by atoms with Crippen molar-refractivity contribution in [1.29, 1.82) is 0 Å². The van der Waals surface area contributed by atoms with E-state index in [-0.39, 0.29) is 0 Å². The molecular formula is C8H9N3. The quantitative estimate of drug-likeness (QED) is 0.350. The molecule has 0 aromatic heterocycles. The molecule has 0 atom stereocenters. The minimum atomic E-state index is 0.833. The third kappa shape index (κ3) is 1.97. The van der Waals surface area contributed by atoms with Crippen molar-refractivity contribution in [1.82, 2.24) is 0 Å². The smallest absolute Gasteiger partial charge is 0.0904 e. The van der Waals surface area contributed by atoms with Crippen LogP contribution in [-0.4, -0.2) is 6.72 Å². The zero-order valence-electron chi connectivity index (χ0n) is 6.36. The summed E-state index contributed by atoms with van der Waals surface area (Å²) in [5.41, 5.74) is 1.92. The van der Waals surface area contributed by atoms with Gasteiger partial charge in [0.05, 0.1) is 5.69 Å². The van der Waals surface area contributed by atoms with E-state index in [1.807, 2.05) is 31.2 Å². The Kier molecular flexibility index (Phi) is 2.49. The second kappa shape index (κ2) is 3.61. The first-order valence-corrected chi connectivity index (χ1v) is 3.27. The van der Waals surface area contributed by atoms with Crippen LogP contribution < -0.4 is 0 Å². The molecule has 0 saturated heterocycles. The number of hydrogen-bond acceptors (Lipinski definition) is 2. The van der Waals surface area contributed by atoms with E-state index in [0.29, 0.717) is 0 Å². The Labute approximate surface area is 65.5 Å². The van der Waals surface area contributed by atoms with Crippen LogP contribution in [0.4, 0.5) is 5.69 Å². The first kappa shape index (κ1) is 7.60. The Morgan fingerprint density at radius 1 is 1.27 bits per heavy atom. The minimum Gasteiger partial charge on any atom is -0.147 e. The van der Waals surface area contributed by atoms with Gasteiger partial charge in [-0.3, -0.25) is 0 Å². The molecule has 3 heteroatoms. The van der Waals surface area contributed by atoms with Crippen molar-refractivity contribution in [2.75, 3.05) is 0 Å². The summed E-state index contributed by atoms with van der Waals surface area (Å²) in [5.74, 6) is 0. The van der Waals surface area contributed by atoms with Crippen LogP contribution in [0, 0.1) is 6.92 Å². The average Bonchev–Trinajstić information content (AvgIpc) is 2.03. The molecule has 0 bridgehead atoms. The topological polar surface area (TPSA) is 37.1 Å². The van der Waals surface area contributed by atoms with Crippen LogP contribution in [0.3, 0.4) is 0 Å². The highest BCUT2D eigenvalue weighted by molar-refractivity contribution is 5.43. The maximum absolute atomic E-state index is 3.82. The summed E-state index contributed by atoms with van der Waals surface area (Å²) in [4.78, 5) is 0. The van der Waals surface area contributed by atoms with Gasteiger partial charge in [-0.05, 0) is 23.8 Å². The Morgan fingerprint density at radius 2 is 2.00 bits per heavy atom. The van der Waals surface area contributed by atoms with Crippen LogP contribution >= 0.6 is 0 Å². The number of aryl methyl sites for hydroxylation is 1. The van der Waals surface area contributed by atoms with Gasteiger partial charge in [0.15, 0.2) is 0 Å². The SMILES string of the molecule is C=N/N=N\c1ccccc1C. The van der Waals surface area contributed by atoms with Crippen LogP contribution in [0.5, 0.6) is 0 Å². The fourth-order valence-electron chi connectivity index (χ4n) is 0.755. The van der Waals surface area contributed by atoms with E-state index < -0.39 is 0 Å². The van der Waals surface area contributed by atoms with Gasteiger partial charge in [-0.15, -0.1) is 10.2 Å². The van der Waals surface area contributed by atoms with Gasteiger partial charge in [0, 0.05) is 6.72 Å². The van der Waals surface area contributed by atoms with E-state index in [9.17, 15) is 0 Å². The van der Waals surface area contributed by atoms with Gasteiger partial charge in [0.25, 0.3) is 0 Å². The van der Waals surface area contributed by atoms with Gasteiger partial charge >= 0.3 is 0 Å². The number of nitrogens with zero attached hydrogens (tertiary/aromatic N) is 3. The van der Waals surface area contributed by atoms with Gasteiger partial charge < -0.3 is 0 Å². The molecule has 1 aromatic rings. The number of rotatable bonds is 2. The lowest BCUT2D eigenvalue weighted by molar-refractivity contribution is 1.06. The molecule has 0 fully saturated rings. The van der Waals surface area contributed by atoms with E-state index in [0.717, 1.165) is 11.3 Å². The van der Waals surface area contributed by atoms with Gasteiger partial charge in [-0.2, -0.15) is 0 Å². The van der Waals surface area contributed by atoms with E-state index in [1.165, 1.54) is 0 Å². The van der Waals surface area contributed by atoms with Gasteiger partial charge in [-0.1, -0.05) is 18.2 Å². The molecule has 0 spiro atoms. The predicted molar refractivity (Wildman–Crippen MR) is 45.2 cm³/mol. The summed E-state index contributed by atoms with van der Waals surface area (Å²) < 4.78 is 0. The Morgan fingerprint density at radius 3 is 2.64 bits per heavy atom. The third-order valence-electron chi connectivity index (χ3n) is 1.33. The summed E-state index contributed by atoms with van der Waals surface area (Å²) in [6.45, 7) is 5.16. The molecular weight excluding hydrogens is 138 g/mol. The minimum absolute atomic E-state index is 0.833. The summed E-state index contributed by atoms with van der Waals surface area (Å²) in [5, 5.41) is 10.5. The molecule has 11 heavy (non-hydrogen) atoms. The zero-order chi connectivity index (χ0) is 8.10. The molecule has 3 nitrogen and oxygen atoms in total. The van der Waals surface area contributed by atoms with Crippen LogP contribution in [0.25, 0.3) is 0 Å². The van der Waals surface area contributed by atoms with Crippen LogP contribution in [0.1, 0.15) is 5.56 Å². The molecule has 0 amide bonds. The highest BCUT2D eigenvalue weighted by atomic mass is 15.4. The van der Waals surface area contributed by atoms with Gasteiger partial charge in [-0.25, -0.2) is 0 Å². The molecule has 0 radical (unpaired) electrons. The van der Waals surface area contributed by atoms with E-state index in [4.69, 9.17) is 0 Å². The lowest BCUT2D eigenvalue weighted by Crippen LogP contribution is -1.69. The summed E-state index contributed by atoms with van der Waals surface area (Å²) >= 11 is 0. The van der Waals surface area contributed by atoms with Crippen molar-refractivity contribution in [2.24, 2.45) is 15.4 Å². The lowest BCUT2D eigenvalue weighted by Gasteiger charge is -1.93. The normalized spacial score (nSPS) is 10.3. The fraction of sp³-hybridized carbons (Fsp3) is 0.125. The zero-order valence-corrected chi connectivity index (χ0v) is 6.36. The first-order chi connectivity index (χ1) is 5.34. The van der Waals surface area contributed by atoms with Gasteiger partial charge in [0.2, 0.25) is 0 Å². The highest BCUT2D eigenvalue weighted by Crippen LogP contribution is 2.16. The maximum Gasteiger partial charge on any atom is 0.0904 e. The van der Waals surface area contributed by atoms with E-state index >= 15 is 0 Å². The fourth-order valence-corrected chi connectivity index (χ4v) is 0.755. The second-order valence-corrected chi connectivity index (χ2v) is 2.12. The van der Waals surface area contributed by atoms with Crippen molar-refractivity contribution in [3.8, 4) is 0 Å². The molecule has 0 aliphatic rings. The molecule has 1 rings (SSSR count). The molecule has 0 heterocycles. The Bertz CT molecular complexity index is 278. The lowest BCUT2D eigenvalue weighted by atomic mass is 10.2. The summed E-state index contributed by atoms with van der Waals surface area (Å²) in [6, 6.07) is 7.71. The van der Waals surface area contributed by atoms with E-state index in [2.05, 4.69) is 22.2 Å². The second-order valence-electron chi connectivity index (χ2n) is 2.12. The summed E-state index contributed by atoms with van der Waals surface area (Å²) in [7, 11) is 0. The monoisotopic (exact) mass is 147 g/mol. The van der Waals surface area contributed by atoms with Crippen molar-refractivity contribution >= 4 is 12.4 Å².